The van der Waals surface area contributed by atoms with Gasteiger partial charge in [0.05, 0.1) is 25.0 Å². The Morgan fingerprint density at radius 3 is 2.39 bits per heavy atom. The molecular formula is C24H23ClN2O5S. The lowest BCUT2D eigenvalue weighted by Gasteiger charge is -2.26. The molecule has 1 amide bonds. The van der Waals surface area contributed by atoms with Gasteiger partial charge in [0.15, 0.2) is 11.5 Å². The fraction of sp³-hybridized carbons (Fsp3) is 0.208. The van der Waals surface area contributed by atoms with Gasteiger partial charge < -0.3 is 14.8 Å². The molecule has 3 aromatic carbocycles. The first-order valence-electron chi connectivity index (χ1n) is 10.3. The first-order chi connectivity index (χ1) is 15.8. The molecule has 0 saturated heterocycles. The lowest BCUT2D eigenvalue weighted by atomic mass is 10.1. The number of hydrogen-bond acceptors (Lipinski definition) is 5. The number of amides is 1. The smallest absolute Gasteiger partial charge is 0.251 e. The Kier molecular flexibility index (Phi) is 6.76. The van der Waals surface area contributed by atoms with Crippen molar-refractivity contribution in [2.75, 3.05) is 23.7 Å². The van der Waals surface area contributed by atoms with Crippen molar-refractivity contribution in [2.45, 2.75) is 12.6 Å². The SMILES string of the molecule is CS(=O)(=O)N(Cc1ccccc1Cl)c1ccc(C(=O)NCC2COc3ccccc3O2)cc1. The summed E-state index contributed by atoms with van der Waals surface area (Å²) in [6, 6.07) is 20.8. The third-order valence-corrected chi connectivity index (χ3v) is 6.66. The van der Waals surface area contributed by atoms with E-state index in [-0.39, 0.29) is 25.1 Å². The number of fused-ring (bicyclic) bond motifs is 1. The standard InChI is InChI=1S/C24H23ClN2O5S/c1-33(29,30)27(15-18-6-2-3-7-21(18)25)19-12-10-17(11-13-19)24(28)26-14-20-16-31-22-8-4-5-9-23(22)32-20/h2-13,20H,14-16H2,1H3,(H,26,28). The third kappa shape index (κ3) is 5.58. The molecule has 1 aliphatic heterocycles. The van der Waals surface area contributed by atoms with Crippen LogP contribution in [0.5, 0.6) is 11.5 Å². The number of para-hydroxylation sites is 2. The van der Waals surface area contributed by atoms with Gasteiger partial charge in [-0.2, -0.15) is 0 Å². The Hall–Kier alpha value is -3.23. The third-order valence-electron chi connectivity index (χ3n) is 5.15. The number of anilines is 1. The second kappa shape index (κ2) is 9.72. The van der Waals surface area contributed by atoms with Gasteiger partial charge in [0, 0.05) is 10.6 Å². The number of rotatable bonds is 7. The zero-order chi connectivity index (χ0) is 23.4. The van der Waals surface area contributed by atoms with Gasteiger partial charge in [-0.25, -0.2) is 8.42 Å². The number of nitrogens with zero attached hydrogens (tertiary/aromatic N) is 1. The van der Waals surface area contributed by atoms with Crippen molar-refractivity contribution in [3.8, 4) is 11.5 Å². The Morgan fingerprint density at radius 2 is 1.70 bits per heavy atom. The van der Waals surface area contributed by atoms with Crippen molar-refractivity contribution in [3.63, 3.8) is 0 Å². The lowest BCUT2D eigenvalue weighted by molar-refractivity contribution is 0.0789. The fourth-order valence-corrected chi connectivity index (χ4v) is 4.51. The number of sulfonamides is 1. The van der Waals surface area contributed by atoms with E-state index < -0.39 is 10.0 Å². The van der Waals surface area contributed by atoms with Crippen molar-refractivity contribution >= 4 is 33.2 Å². The van der Waals surface area contributed by atoms with Gasteiger partial charge in [-0.1, -0.05) is 41.9 Å². The summed E-state index contributed by atoms with van der Waals surface area (Å²) in [7, 11) is -3.57. The van der Waals surface area contributed by atoms with Crippen LogP contribution in [0.4, 0.5) is 5.69 Å². The molecule has 9 heteroatoms. The summed E-state index contributed by atoms with van der Waals surface area (Å²) in [4.78, 5) is 12.6. The van der Waals surface area contributed by atoms with Crippen LogP contribution in [-0.2, 0) is 16.6 Å². The topological polar surface area (TPSA) is 84.9 Å². The van der Waals surface area contributed by atoms with Crippen molar-refractivity contribution < 1.29 is 22.7 Å². The summed E-state index contributed by atoms with van der Waals surface area (Å²) >= 11 is 6.21. The maximum atomic E-state index is 12.6. The molecule has 1 N–H and O–H groups in total. The number of benzene rings is 3. The highest BCUT2D eigenvalue weighted by Gasteiger charge is 2.22. The molecule has 1 heterocycles. The molecule has 0 bridgehead atoms. The van der Waals surface area contributed by atoms with E-state index >= 15 is 0 Å². The van der Waals surface area contributed by atoms with Gasteiger partial charge in [0.2, 0.25) is 10.0 Å². The predicted octanol–water partition coefficient (Wildman–Crippen LogP) is 3.88. The number of carbonyl (C=O) groups excluding carboxylic acids is 1. The van der Waals surface area contributed by atoms with E-state index in [0.717, 1.165) is 6.26 Å². The number of halogens is 1. The van der Waals surface area contributed by atoms with E-state index in [4.69, 9.17) is 21.1 Å². The molecule has 172 valence electrons. The van der Waals surface area contributed by atoms with Crippen LogP contribution < -0.4 is 19.1 Å². The molecule has 0 saturated carbocycles. The minimum atomic E-state index is -3.57. The minimum absolute atomic E-state index is 0.0878. The van der Waals surface area contributed by atoms with Crippen LogP contribution in [0.25, 0.3) is 0 Å². The summed E-state index contributed by atoms with van der Waals surface area (Å²) in [5, 5.41) is 3.32. The van der Waals surface area contributed by atoms with Crippen LogP contribution in [0.2, 0.25) is 5.02 Å². The molecule has 7 nitrogen and oxygen atoms in total. The first-order valence-corrected chi connectivity index (χ1v) is 12.5. The van der Waals surface area contributed by atoms with Gasteiger partial charge in [-0.3, -0.25) is 9.10 Å². The van der Waals surface area contributed by atoms with E-state index in [1.807, 2.05) is 24.3 Å². The van der Waals surface area contributed by atoms with E-state index in [0.29, 0.717) is 39.9 Å². The van der Waals surface area contributed by atoms with Crippen molar-refractivity contribution in [1.82, 2.24) is 5.32 Å². The quantitative estimate of drug-likeness (QED) is 0.548. The molecule has 0 spiro atoms. The van der Waals surface area contributed by atoms with Crippen LogP contribution in [0.15, 0.2) is 72.8 Å². The van der Waals surface area contributed by atoms with Gasteiger partial charge >= 0.3 is 0 Å². The lowest BCUT2D eigenvalue weighted by Crippen LogP contribution is -2.40. The molecule has 4 rings (SSSR count). The number of ether oxygens (including phenoxy) is 2. The number of nitrogens with one attached hydrogen (secondary N) is 1. The maximum Gasteiger partial charge on any atom is 0.251 e. The zero-order valence-electron chi connectivity index (χ0n) is 17.9. The molecule has 1 aliphatic rings. The summed E-state index contributed by atoms with van der Waals surface area (Å²) in [5.74, 6) is 1.04. The predicted molar refractivity (Wildman–Crippen MR) is 128 cm³/mol. The second-order valence-corrected chi connectivity index (χ2v) is 9.93. The Labute approximate surface area is 197 Å². The summed E-state index contributed by atoms with van der Waals surface area (Å²) in [6.45, 7) is 0.697. The Bertz CT molecular complexity index is 1250. The molecule has 0 radical (unpaired) electrons. The highest BCUT2D eigenvalue weighted by atomic mass is 35.5. The zero-order valence-corrected chi connectivity index (χ0v) is 19.5. The second-order valence-electron chi connectivity index (χ2n) is 7.62. The van der Waals surface area contributed by atoms with Crippen LogP contribution in [0.1, 0.15) is 15.9 Å². The average molecular weight is 487 g/mol. The Balaban J connectivity index is 1.41. The molecular weight excluding hydrogens is 464 g/mol. The van der Waals surface area contributed by atoms with Crippen LogP contribution in [0, 0.1) is 0 Å². The van der Waals surface area contributed by atoms with E-state index in [1.54, 1.807) is 48.5 Å². The van der Waals surface area contributed by atoms with Crippen molar-refractivity contribution in [2.24, 2.45) is 0 Å². The number of hydrogen-bond donors (Lipinski definition) is 1. The minimum Gasteiger partial charge on any atom is -0.486 e. The highest BCUT2D eigenvalue weighted by Crippen LogP contribution is 2.30. The van der Waals surface area contributed by atoms with Crippen molar-refractivity contribution in [3.05, 3.63) is 88.9 Å². The largest absolute Gasteiger partial charge is 0.486 e. The molecule has 0 aliphatic carbocycles. The molecule has 1 unspecified atom stereocenters. The molecule has 3 aromatic rings. The molecule has 0 fully saturated rings. The van der Waals surface area contributed by atoms with Crippen LogP contribution in [0.3, 0.4) is 0 Å². The highest BCUT2D eigenvalue weighted by molar-refractivity contribution is 7.92. The van der Waals surface area contributed by atoms with Gasteiger partial charge in [-0.15, -0.1) is 0 Å². The van der Waals surface area contributed by atoms with Crippen LogP contribution in [-0.4, -0.2) is 39.8 Å². The Morgan fingerprint density at radius 1 is 1.03 bits per heavy atom. The summed E-state index contributed by atoms with van der Waals surface area (Å²) in [6.07, 6.45) is 0.828. The van der Waals surface area contributed by atoms with Gasteiger partial charge in [-0.05, 0) is 48.0 Å². The molecule has 33 heavy (non-hydrogen) atoms. The monoisotopic (exact) mass is 486 g/mol. The normalized spacial score (nSPS) is 15.0. The average Bonchev–Trinajstić information content (AvgIpc) is 2.81. The molecule has 1 atom stereocenters. The summed E-state index contributed by atoms with van der Waals surface area (Å²) < 4.78 is 37.6. The van der Waals surface area contributed by atoms with E-state index in [1.165, 1.54) is 4.31 Å². The van der Waals surface area contributed by atoms with Crippen molar-refractivity contribution in [1.29, 1.82) is 0 Å². The van der Waals surface area contributed by atoms with E-state index in [2.05, 4.69) is 5.32 Å². The molecule has 0 aromatic heterocycles. The maximum absolute atomic E-state index is 12.6. The number of carbonyl (C=O) groups is 1. The fourth-order valence-electron chi connectivity index (χ4n) is 3.43. The first kappa shape index (κ1) is 22.9. The van der Waals surface area contributed by atoms with Gasteiger partial charge in [0.1, 0.15) is 12.7 Å². The van der Waals surface area contributed by atoms with E-state index in [9.17, 15) is 13.2 Å². The van der Waals surface area contributed by atoms with Crippen LogP contribution >= 0.6 is 11.6 Å². The van der Waals surface area contributed by atoms with Gasteiger partial charge in [0.25, 0.3) is 5.91 Å². The summed E-state index contributed by atoms with van der Waals surface area (Å²) in [5.41, 5.74) is 1.53.